The second-order valence-electron chi connectivity index (χ2n) is 4.28. The first-order valence-corrected chi connectivity index (χ1v) is 6.21. The van der Waals surface area contributed by atoms with Crippen LogP contribution >= 0.6 is 12.4 Å². The van der Waals surface area contributed by atoms with E-state index in [1.165, 1.54) is 0 Å². The van der Waals surface area contributed by atoms with Gasteiger partial charge in [0.25, 0.3) is 0 Å². The number of nitrogens with zero attached hydrogens (tertiary/aromatic N) is 1. The van der Waals surface area contributed by atoms with E-state index < -0.39 is 0 Å². The second-order valence-corrected chi connectivity index (χ2v) is 4.28. The van der Waals surface area contributed by atoms with Gasteiger partial charge in [-0.05, 0) is 24.7 Å². The molecule has 0 bridgehead atoms. The van der Waals surface area contributed by atoms with Crippen molar-refractivity contribution in [1.29, 1.82) is 0 Å². The van der Waals surface area contributed by atoms with Crippen LogP contribution in [0.4, 0.5) is 0 Å². The number of carbonyl (C=O) groups is 1. The average Bonchev–Trinajstić information content (AvgIpc) is 2.44. The third kappa shape index (κ3) is 5.27. The lowest BCUT2D eigenvalue weighted by molar-refractivity contribution is -0.129. The van der Waals surface area contributed by atoms with Gasteiger partial charge in [-0.25, -0.2) is 0 Å². The van der Waals surface area contributed by atoms with Gasteiger partial charge in [0.1, 0.15) is 0 Å². The van der Waals surface area contributed by atoms with Crippen LogP contribution < -0.4 is 14.8 Å². The van der Waals surface area contributed by atoms with Crippen molar-refractivity contribution >= 4 is 18.3 Å². The Morgan fingerprint density at radius 3 is 2.45 bits per heavy atom. The Bertz CT molecular complexity index is 427. The molecule has 0 saturated heterocycles. The maximum atomic E-state index is 12.0. The summed E-state index contributed by atoms with van der Waals surface area (Å²) in [4.78, 5) is 13.7. The topological polar surface area (TPSA) is 50.8 Å². The number of rotatable bonds is 7. The number of amides is 1. The van der Waals surface area contributed by atoms with Crippen molar-refractivity contribution in [2.24, 2.45) is 0 Å². The van der Waals surface area contributed by atoms with Gasteiger partial charge in [0, 0.05) is 20.1 Å². The van der Waals surface area contributed by atoms with Crippen LogP contribution in [0.25, 0.3) is 0 Å². The second kappa shape index (κ2) is 9.44. The Morgan fingerprint density at radius 1 is 1.25 bits per heavy atom. The number of benzene rings is 1. The van der Waals surface area contributed by atoms with Crippen molar-refractivity contribution in [3.05, 3.63) is 23.8 Å². The zero-order valence-corrected chi connectivity index (χ0v) is 13.3. The number of likely N-dealkylation sites (N-methyl/N-ethyl adjacent to an activating group) is 2. The molecular formula is C14H23ClN2O3. The maximum Gasteiger partial charge on any atom is 0.226 e. The molecule has 0 saturated carbocycles. The smallest absolute Gasteiger partial charge is 0.226 e. The molecule has 0 fully saturated rings. The van der Waals surface area contributed by atoms with Gasteiger partial charge in [-0.3, -0.25) is 4.79 Å². The van der Waals surface area contributed by atoms with Gasteiger partial charge in [0.2, 0.25) is 5.91 Å². The van der Waals surface area contributed by atoms with E-state index in [4.69, 9.17) is 9.47 Å². The van der Waals surface area contributed by atoms with E-state index in [-0.39, 0.29) is 18.3 Å². The summed E-state index contributed by atoms with van der Waals surface area (Å²) in [5.41, 5.74) is 0.916. The van der Waals surface area contributed by atoms with E-state index in [0.29, 0.717) is 24.5 Å². The van der Waals surface area contributed by atoms with Crippen LogP contribution in [-0.2, 0) is 11.2 Å². The molecule has 0 aliphatic rings. The summed E-state index contributed by atoms with van der Waals surface area (Å²) < 4.78 is 10.4. The first-order chi connectivity index (χ1) is 9.12. The van der Waals surface area contributed by atoms with Crippen molar-refractivity contribution in [2.45, 2.75) is 6.42 Å². The Kier molecular flexibility index (Phi) is 8.76. The van der Waals surface area contributed by atoms with E-state index in [2.05, 4.69) is 5.32 Å². The molecule has 1 N–H and O–H groups in total. The van der Waals surface area contributed by atoms with Crippen LogP contribution in [0.5, 0.6) is 11.5 Å². The molecule has 1 rings (SSSR count). The summed E-state index contributed by atoms with van der Waals surface area (Å²) in [5.74, 6) is 1.40. The molecule has 1 aromatic rings. The largest absolute Gasteiger partial charge is 0.493 e. The molecule has 0 aromatic heterocycles. The van der Waals surface area contributed by atoms with Crippen LogP contribution in [0.1, 0.15) is 5.56 Å². The number of ether oxygens (including phenoxy) is 2. The Balaban J connectivity index is 0.00000361. The predicted molar refractivity (Wildman–Crippen MR) is 82.1 cm³/mol. The summed E-state index contributed by atoms with van der Waals surface area (Å²) in [6.45, 7) is 1.48. The summed E-state index contributed by atoms with van der Waals surface area (Å²) in [6, 6.07) is 5.53. The maximum absolute atomic E-state index is 12.0. The van der Waals surface area contributed by atoms with Gasteiger partial charge in [-0.2, -0.15) is 0 Å². The molecule has 5 nitrogen and oxygen atoms in total. The van der Waals surface area contributed by atoms with Gasteiger partial charge in [0.05, 0.1) is 20.6 Å². The number of halogens is 1. The van der Waals surface area contributed by atoms with Gasteiger partial charge in [-0.1, -0.05) is 6.07 Å². The third-order valence-electron chi connectivity index (χ3n) is 2.93. The van der Waals surface area contributed by atoms with Gasteiger partial charge in [-0.15, -0.1) is 12.4 Å². The number of hydrogen-bond acceptors (Lipinski definition) is 4. The first kappa shape index (κ1) is 18.5. The molecule has 0 spiro atoms. The van der Waals surface area contributed by atoms with E-state index in [0.717, 1.165) is 12.1 Å². The lowest BCUT2D eigenvalue weighted by atomic mass is 10.1. The Hall–Kier alpha value is -1.46. The first-order valence-electron chi connectivity index (χ1n) is 6.21. The predicted octanol–water partition coefficient (Wildman–Crippen LogP) is 1.35. The van der Waals surface area contributed by atoms with E-state index >= 15 is 0 Å². The van der Waals surface area contributed by atoms with Gasteiger partial charge >= 0.3 is 0 Å². The molecular weight excluding hydrogens is 280 g/mol. The lowest BCUT2D eigenvalue weighted by Gasteiger charge is -2.17. The van der Waals surface area contributed by atoms with Crippen molar-refractivity contribution in [1.82, 2.24) is 10.2 Å². The van der Waals surface area contributed by atoms with Crippen molar-refractivity contribution < 1.29 is 14.3 Å². The van der Waals surface area contributed by atoms with Crippen LogP contribution in [0.3, 0.4) is 0 Å². The number of methoxy groups -OCH3 is 2. The van der Waals surface area contributed by atoms with Crippen molar-refractivity contribution in [2.75, 3.05) is 41.4 Å². The minimum atomic E-state index is 0. The SMILES string of the molecule is CNCCN(C)C(=O)Cc1ccc(OC)c(OC)c1.Cl. The average molecular weight is 303 g/mol. The highest BCUT2D eigenvalue weighted by Crippen LogP contribution is 2.27. The van der Waals surface area contributed by atoms with Crippen LogP contribution in [0.2, 0.25) is 0 Å². The number of hydrogen-bond donors (Lipinski definition) is 1. The third-order valence-corrected chi connectivity index (χ3v) is 2.93. The highest BCUT2D eigenvalue weighted by atomic mass is 35.5. The van der Waals surface area contributed by atoms with Gasteiger partial charge < -0.3 is 19.7 Å². The molecule has 0 aliphatic carbocycles. The summed E-state index contributed by atoms with van der Waals surface area (Å²) >= 11 is 0. The molecule has 0 radical (unpaired) electrons. The fourth-order valence-corrected chi connectivity index (χ4v) is 1.70. The quantitative estimate of drug-likeness (QED) is 0.826. The summed E-state index contributed by atoms with van der Waals surface area (Å²) in [6.07, 6.45) is 0.362. The van der Waals surface area contributed by atoms with Crippen LogP contribution in [-0.4, -0.2) is 52.2 Å². The standard InChI is InChI=1S/C14H22N2O3.ClH/c1-15-7-8-16(2)14(17)10-11-5-6-12(18-3)13(9-11)19-4;/h5-6,9,15H,7-8,10H2,1-4H3;1H. The minimum Gasteiger partial charge on any atom is -0.493 e. The minimum absolute atomic E-state index is 0. The summed E-state index contributed by atoms with van der Waals surface area (Å²) in [7, 11) is 6.85. The molecule has 0 aliphatic heterocycles. The highest BCUT2D eigenvalue weighted by molar-refractivity contribution is 5.85. The molecule has 0 heterocycles. The fourth-order valence-electron chi connectivity index (χ4n) is 1.70. The Labute approximate surface area is 126 Å². The van der Waals surface area contributed by atoms with Crippen LogP contribution in [0, 0.1) is 0 Å². The fraction of sp³-hybridized carbons (Fsp3) is 0.500. The lowest BCUT2D eigenvalue weighted by Crippen LogP contribution is -2.33. The normalized spacial score (nSPS) is 9.60. The molecule has 6 heteroatoms. The molecule has 1 aromatic carbocycles. The number of nitrogens with one attached hydrogen (secondary N) is 1. The molecule has 0 atom stereocenters. The van der Waals surface area contributed by atoms with Crippen LogP contribution in [0.15, 0.2) is 18.2 Å². The molecule has 114 valence electrons. The van der Waals surface area contributed by atoms with E-state index in [1.807, 2.05) is 25.2 Å². The number of carbonyl (C=O) groups excluding carboxylic acids is 1. The highest BCUT2D eigenvalue weighted by Gasteiger charge is 2.11. The molecule has 0 unspecified atom stereocenters. The van der Waals surface area contributed by atoms with E-state index in [9.17, 15) is 4.79 Å². The van der Waals surface area contributed by atoms with Crippen molar-refractivity contribution in [3.8, 4) is 11.5 Å². The van der Waals surface area contributed by atoms with E-state index in [1.54, 1.807) is 26.2 Å². The monoisotopic (exact) mass is 302 g/mol. The Morgan fingerprint density at radius 2 is 1.90 bits per heavy atom. The van der Waals surface area contributed by atoms with Gasteiger partial charge in [0.15, 0.2) is 11.5 Å². The molecule has 1 amide bonds. The van der Waals surface area contributed by atoms with Crippen molar-refractivity contribution in [3.63, 3.8) is 0 Å². The summed E-state index contributed by atoms with van der Waals surface area (Å²) in [5, 5.41) is 3.02. The zero-order chi connectivity index (χ0) is 14.3. The molecule has 20 heavy (non-hydrogen) atoms. The zero-order valence-electron chi connectivity index (χ0n) is 12.4.